The summed E-state index contributed by atoms with van der Waals surface area (Å²) in [6, 6.07) is 17.3. The minimum Gasteiger partial charge on any atom is -0.423 e. The first kappa shape index (κ1) is 15.1. The normalized spacial score (nSPS) is 15.2. The Bertz CT molecular complexity index is 1110. The number of hydrogen-bond acceptors (Lipinski definition) is 5. The monoisotopic (exact) mass is 342 g/mol. The van der Waals surface area contributed by atoms with Gasteiger partial charge >= 0.3 is 7.12 Å². The van der Waals surface area contributed by atoms with Gasteiger partial charge in [-0.25, -0.2) is 9.50 Å². The van der Waals surface area contributed by atoms with Crippen molar-refractivity contribution in [2.24, 2.45) is 0 Å². The van der Waals surface area contributed by atoms with Crippen molar-refractivity contribution in [3.8, 4) is 11.3 Å². The van der Waals surface area contributed by atoms with E-state index in [1.54, 1.807) is 18.5 Å². The highest BCUT2D eigenvalue weighted by atomic mass is 16.4. The molecule has 1 atom stereocenters. The quantitative estimate of drug-likeness (QED) is 0.482. The molecule has 3 heterocycles. The molecular weight excluding hydrogens is 327 g/mol. The Labute approximate surface area is 149 Å². The summed E-state index contributed by atoms with van der Waals surface area (Å²) in [4.78, 5) is 4.54. The van der Waals surface area contributed by atoms with Crippen molar-refractivity contribution in [1.82, 2.24) is 14.6 Å². The summed E-state index contributed by atoms with van der Waals surface area (Å²) in [5, 5.41) is 26.6. The third kappa shape index (κ3) is 2.22. The number of para-hydroxylation sites is 1. The number of benzene rings is 2. The average Bonchev–Trinajstić information content (AvgIpc) is 3.04. The van der Waals surface area contributed by atoms with Gasteiger partial charge in [0.1, 0.15) is 12.0 Å². The van der Waals surface area contributed by atoms with Gasteiger partial charge in [-0.3, -0.25) is 0 Å². The molecule has 0 radical (unpaired) electrons. The van der Waals surface area contributed by atoms with Gasteiger partial charge < -0.3 is 15.4 Å². The number of rotatable bonds is 2. The fourth-order valence-corrected chi connectivity index (χ4v) is 3.58. The van der Waals surface area contributed by atoms with Crippen molar-refractivity contribution < 1.29 is 10.0 Å². The maximum absolute atomic E-state index is 9.34. The van der Waals surface area contributed by atoms with Crippen LogP contribution in [0.5, 0.6) is 0 Å². The molecule has 1 aliphatic heterocycles. The van der Waals surface area contributed by atoms with Gasteiger partial charge in [-0.05, 0) is 23.2 Å². The summed E-state index contributed by atoms with van der Waals surface area (Å²) < 4.78 is 1.85. The Morgan fingerprint density at radius 1 is 1.00 bits per heavy atom. The number of hydrogen-bond donors (Lipinski definition) is 3. The van der Waals surface area contributed by atoms with Crippen LogP contribution in [0.2, 0.25) is 0 Å². The van der Waals surface area contributed by atoms with Crippen LogP contribution >= 0.6 is 0 Å². The minimum atomic E-state index is -1.47. The summed E-state index contributed by atoms with van der Waals surface area (Å²) in [7, 11) is -1.47. The summed E-state index contributed by atoms with van der Waals surface area (Å²) in [6.07, 6.45) is 3.50. The Hall–Kier alpha value is -3.16. The van der Waals surface area contributed by atoms with Crippen LogP contribution in [0.15, 0.2) is 67.1 Å². The van der Waals surface area contributed by atoms with E-state index in [0.29, 0.717) is 5.46 Å². The van der Waals surface area contributed by atoms with Crippen molar-refractivity contribution in [3.63, 3.8) is 0 Å². The number of fused-ring (bicyclic) bond motifs is 2. The van der Waals surface area contributed by atoms with Crippen molar-refractivity contribution in [2.75, 3.05) is 5.32 Å². The molecule has 0 fully saturated rings. The Kier molecular flexibility index (Phi) is 3.31. The Morgan fingerprint density at radius 3 is 2.62 bits per heavy atom. The van der Waals surface area contributed by atoms with Crippen LogP contribution in [0.25, 0.3) is 16.8 Å². The second kappa shape index (κ2) is 5.69. The average molecular weight is 342 g/mol. The fourth-order valence-electron chi connectivity index (χ4n) is 3.58. The van der Waals surface area contributed by atoms with E-state index in [9.17, 15) is 10.0 Å². The van der Waals surface area contributed by atoms with E-state index in [0.717, 1.165) is 33.6 Å². The summed E-state index contributed by atoms with van der Waals surface area (Å²) >= 11 is 0. The maximum Gasteiger partial charge on any atom is 0.488 e. The highest BCUT2D eigenvalue weighted by molar-refractivity contribution is 6.58. The number of anilines is 1. The van der Waals surface area contributed by atoms with E-state index in [2.05, 4.69) is 21.5 Å². The molecule has 0 saturated heterocycles. The van der Waals surface area contributed by atoms with Crippen LogP contribution in [0.1, 0.15) is 17.2 Å². The third-order valence-corrected chi connectivity index (χ3v) is 4.85. The molecule has 3 N–H and O–H groups in total. The fraction of sp³-hybridized carbons (Fsp3) is 0.0526. The van der Waals surface area contributed by atoms with Gasteiger partial charge in [0.2, 0.25) is 0 Å². The summed E-state index contributed by atoms with van der Waals surface area (Å²) in [5.41, 5.74) is 6.47. The highest BCUT2D eigenvalue weighted by Gasteiger charge is 2.26. The highest BCUT2D eigenvalue weighted by Crippen LogP contribution is 2.40. The lowest BCUT2D eigenvalue weighted by molar-refractivity contribution is 0.426. The molecule has 5 rings (SSSR count). The molecule has 26 heavy (non-hydrogen) atoms. The molecule has 6 nitrogen and oxygen atoms in total. The summed E-state index contributed by atoms with van der Waals surface area (Å²) in [6.45, 7) is 0. The van der Waals surface area contributed by atoms with Gasteiger partial charge in [0.05, 0.1) is 11.6 Å². The van der Waals surface area contributed by atoms with E-state index in [-0.39, 0.29) is 6.04 Å². The van der Waals surface area contributed by atoms with Gasteiger partial charge in [0, 0.05) is 23.0 Å². The largest absolute Gasteiger partial charge is 0.488 e. The molecule has 0 saturated carbocycles. The predicted octanol–water partition coefficient (Wildman–Crippen LogP) is 1.59. The van der Waals surface area contributed by atoms with Crippen LogP contribution in [-0.4, -0.2) is 31.8 Å². The topological polar surface area (TPSA) is 82.7 Å². The SMILES string of the molecule is OB(O)c1ccc(C2Nc3ccccc3-c3ncnn4ccc2c34)cc1. The third-order valence-electron chi connectivity index (χ3n) is 4.85. The van der Waals surface area contributed by atoms with Crippen LogP contribution < -0.4 is 10.8 Å². The van der Waals surface area contributed by atoms with Crippen LogP contribution in [0.4, 0.5) is 5.69 Å². The van der Waals surface area contributed by atoms with Gasteiger partial charge in [0.15, 0.2) is 0 Å². The van der Waals surface area contributed by atoms with Crippen molar-refractivity contribution >= 4 is 23.8 Å². The molecule has 0 amide bonds. The van der Waals surface area contributed by atoms with Crippen LogP contribution in [-0.2, 0) is 0 Å². The predicted molar refractivity (Wildman–Crippen MR) is 100 cm³/mol. The van der Waals surface area contributed by atoms with Crippen LogP contribution in [0.3, 0.4) is 0 Å². The first-order valence-corrected chi connectivity index (χ1v) is 8.36. The zero-order chi connectivity index (χ0) is 17.7. The van der Waals surface area contributed by atoms with E-state index >= 15 is 0 Å². The molecule has 0 bridgehead atoms. The molecular formula is C19H15BN4O2. The molecule has 2 aromatic carbocycles. The molecule has 0 spiro atoms. The zero-order valence-electron chi connectivity index (χ0n) is 13.7. The Balaban J connectivity index is 1.74. The molecule has 0 aliphatic carbocycles. The van der Waals surface area contributed by atoms with Crippen LogP contribution in [0, 0.1) is 0 Å². The van der Waals surface area contributed by atoms with Gasteiger partial charge in [-0.15, -0.1) is 0 Å². The summed E-state index contributed by atoms with van der Waals surface area (Å²) in [5.74, 6) is 0. The lowest BCUT2D eigenvalue weighted by atomic mass is 9.79. The molecule has 1 aliphatic rings. The second-order valence-corrected chi connectivity index (χ2v) is 6.34. The minimum absolute atomic E-state index is 0.0988. The first-order valence-electron chi connectivity index (χ1n) is 8.36. The number of nitrogens with zero attached hydrogens (tertiary/aromatic N) is 3. The van der Waals surface area contributed by atoms with E-state index < -0.39 is 7.12 Å². The van der Waals surface area contributed by atoms with Gasteiger partial charge in [-0.1, -0.05) is 42.5 Å². The van der Waals surface area contributed by atoms with Crippen molar-refractivity contribution in [3.05, 3.63) is 78.2 Å². The molecule has 7 heteroatoms. The van der Waals surface area contributed by atoms with Crippen molar-refractivity contribution in [1.29, 1.82) is 0 Å². The zero-order valence-corrected chi connectivity index (χ0v) is 13.7. The molecule has 1 unspecified atom stereocenters. The number of aromatic nitrogens is 3. The molecule has 126 valence electrons. The lowest BCUT2D eigenvalue weighted by Gasteiger charge is -2.19. The van der Waals surface area contributed by atoms with E-state index in [1.807, 2.05) is 47.1 Å². The number of nitrogens with one attached hydrogen (secondary N) is 1. The van der Waals surface area contributed by atoms with Crippen molar-refractivity contribution in [2.45, 2.75) is 6.04 Å². The van der Waals surface area contributed by atoms with E-state index in [4.69, 9.17) is 0 Å². The lowest BCUT2D eigenvalue weighted by Crippen LogP contribution is -2.29. The molecule has 4 aromatic rings. The van der Waals surface area contributed by atoms with Gasteiger partial charge in [-0.2, -0.15) is 5.10 Å². The maximum atomic E-state index is 9.34. The smallest absolute Gasteiger partial charge is 0.423 e. The molecule has 2 aromatic heterocycles. The Morgan fingerprint density at radius 2 is 1.81 bits per heavy atom. The first-order chi connectivity index (χ1) is 12.7. The second-order valence-electron chi connectivity index (χ2n) is 6.34. The standard InChI is InChI=1S/C19H15BN4O2/c25-20(26)13-7-5-12(6-8-13)17-15-9-10-24-19(15)18(21-11-22-24)14-3-1-2-4-16(14)23-17/h1-11,17,23,25-26H. The van der Waals surface area contributed by atoms with E-state index in [1.165, 1.54) is 0 Å². The van der Waals surface area contributed by atoms with Gasteiger partial charge in [0.25, 0.3) is 0 Å².